The van der Waals surface area contributed by atoms with Crippen LogP contribution >= 0.6 is 22.6 Å². The lowest BCUT2D eigenvalue weighted by Gasteiger charge is -2.12. The summed E-state index contributed by atoms with van der Waals surface area (Å²) in [6.45, 7) is 0. The number of methoxy groups -OCH3 is 1. The van der Waals surface area contributed by atoms with E-state index in [9.17, 15) is 21.6 Å². The van der Waals surface area contributed by atoms with E-state index in [0.29, 0.717) is 16.8 Å². The third kappa shape index (κ3) is 5.03. The summed E-state index contributed by atoms with van der Waals surface area (Å²) in [6, 6.07) is 18.0. The Morgan fingerprint density at radius 3 is 2.12 bits per heavy atom. The Morgan fingerprint density at radius 1 is 0.824 bits per heavy atom. The van der Waals surface area contributed by atoms with Crippen LogP contribution in [0.4, 0.5) is 5.69 Å². The van der Waals surface area contributed by atoms with Crippen molar-refractivity contribution in [3.8, 4) is 5.75 Å². The molecule has 0 aliphatic rings. The highest BCUT2D eigenvalue weighted by Crippen LogP contribution is 2.22. The van der Waals surface area contributed by atoms with Gasteiger partial charge in [-0.15, -0.1) is 0 Å². The Morgan fingerprint density at radius 2 is 1.47 bits per heavy atom. The molecule has 0 unspecified atom stereocenters. The maximum absolute atomic E-state index is 13.0. The minimum absolute atomic E-state index is 0.0140. The molecule has 1 aromatic heterocycles. The molecule has 0 amide bonds. The first-order valence-corrected chi connectivity index (χ1v) is 13.7. The van der Waals surface area contributed by atoms with Gasteiger partial charge in [-0.05, 0) is 94.7 Å². The predicted molar refractivity (Wildman–Crippen MR) is 138 cm³/mol. The fraction of sp³-hybridized carbons (Fsp3) is 0.0455. The van der Waals surface area contributed by atoms with Crippen molar-refractivity contribution >= 4 is 59.1 Å². The van der Waals surface area contributed by atoms with E-state index in [2.05, 4.69) is 32.1 Å². The molecule has 0 saturated carbocycles. The fourth-order valence-electron chi connectivity index (χ4n) is 3.13. The van der Waals surface area contributed by atoms with E-state index in [1.54, 1.807) is 36.4 Å². The highest BCUT2D eigenvalue weighted by Gasteiger charge is 2.18. The van der Waals surface area contributed by atoms with Gasteiger partial charge in [0.2, 0.25) is 0 Å². The number of rotatable bonds is 7. The zero-order chi connectivity index (χ0) is 24.5. The molecule has 34 heavy (non-hydrogen) atoms. The van der Waals surface area contributed by atoms with Crippen molar-refractivity contribution in [2.75, 3.05) is 16.7 Å². The summed E-state index contributed by atoms with van der Waals surface area (Å²) in [4.78, 5) is 15.1. The van der Waals surface area contributed by atoms with Crippen molar-refractivity contribution < 1.29 is 21.6 Å². The average molecular weight is 611 g/mol. The lowest BCUT2D eigenvalue weighted by molar-refractivity contribution is 0.415. The summed E-state index contributed by atoms with van der Waals surface area (Å²) in [7, 11) is -6.55. The number of nitrogens with one attached hydrogen (secondary N) is 2. The van der Waals surface area contributed by atoms with Crippen molar-refractivity contribution in [1.29, 1.82) is 0 Å². The molecule has 0 radical (unpaired) electrons. The summed E-state index contributed by atoms with van der Waals surface area (Å²) in [5.41, 5.74) is -0.398. The van der Waals surface area contributed by atoms with Crippen molar-refractivity contribution in [2.24, 2.45) is 0 Å². The zero-order valence-electron chi connectivity index (χ0n) is 17.6. The van der Waals surface area contributed by atoms with Crippen molar-refractivity contribution in [3.63, 3.8) is 0 Å². The third-order valence-corrected chi connectivity index (χ3v) is 8.30. The molecule has 0 saturated heterocycles. The van der Waals surface area contributed by atoms with E-state index < -0.39 is 25.6 Å². The van der Waals surface area contributed by atoms with Crippen molar-refractivity contribution in [3.05, 3.63) is 92.9 Å². The maximum Gasteiger partial charge on any atom is 0.277 e. The van der Waals surface area contributed by atoms with Crippen LogP contribution in [0, 0.1) is 3.57 Å². The molecule has 0 atom stereocenters. The van der Waals surface area contributed by atoms with Crippen LogP contribution in [-0.2, 0) is 20.0 Å². The number of anilines is 1. The standard InChI is InChI=1S/C22H18IN3O6S2/c1-32-18-7-5-17(6-8-18)24-33(28,29)20-9-2-15-12-13-26(22(27)21(15)14-20)25-34(30,31)19-10-3-16(23)4-11-19/h2-14,24-25H,1H3. The first-order valence-electron chi connectivity index (χ1n) is 9.70. The fourth-order valence-corrected chi connectivity index (χ4v) is 5.57. The van der Waals surface area contributed by atoms with Gasteiger partial charge in [0.05, 0.1) is 22.3 Å². The van der Waals surface area contributed by atoms with Crippen LogP contribution in [0.3, 0.4) is 0 Å². The number of halogens is 1. The van der Waals surface area contributed by atoms with Gasteiger partial charge in [0, 0.05) is 15.5 Å². The van der Waals surface area contributed by atoms with Gasteiger partial charge in [-0.25, -0.2) is 17.9 Å². The topological polar surface area (TPSA) is 124 Å². The van der Waals surface area contributed by atoms with Gasteiger partial charge < -0.3 is 4.74 Å². The van der Waals surface area contributed by atoms with Crippen LogP contribution in [0.1, 0.15) is 0 Å². The first-order chi connectivity index (χ1) is 16.1. The molecule has 0 bridgehead atoms. The second-order valence-corrected chi connectivity index (χ2v) is 11.7. The molecule has 1 heterocycles. The molecule has 0 aliphatic heterocycles. The van der Waals surface area contributed by atoms with Gasteiger partial charge >= 0.3 is 0 Å². The zero-order valence-corrected chi connectivity index (χ0v) is 21.4. The molecular weight excluding hydrogens is 593 g/mol. The first kappa shape index (κ1) is 24.0. The molecule has 176 valence electrons. The number of aromatic nitrogens is 1. The highest BCUT2D eigenvalue weighted by molar-refractivity contribution is 14.1. The molecule has 4 rings (SSSR count). The van der Waals surface area contributed by atoms with E-state index >= 15 is 0 Å². The molecule has 9 nitrogen and oxygen atoms in total. The Balaban J connectivity index is 1.68. The largest absolute Gasteiger partial charge is 0.497 e. The quantitative estimate of drug-likeness (QED) is 0.309. The molecule has 12 heteroatoms. The van der Waals surface area contributed by atoms with Gasteiger partial charge in [0.25, 0.3) is 25.6 Å². The number of fused-ring (bicyclic) bond motifs is 1. The van der Waals surface area contributed by atoms with Gasteiger partial charge in [-0.3, -0.25) is 9.52 Å². The SMILES string of the molecule is COc1ccc(NS(=O)(=O)c2ccc3ccn(NS(=O)(=O)c4ccc(I)cc4)c(=O)c3c2)cc1. The summed E-state index contributed by atoms with van der Waals surface area (Å²) >= 11 is 2.05. The minimum Gasteiger partial charge on any atom is -0.497 e. The monoisotopic (exact) mass is 611 g/mol. The summed E-state index contributed by atoms with van der Waals surface area (Å²) in [6.07, 6.45) is 1.28. The van der Waals surface area contributed by atoms with Gasteiger partial charge in [-0.2, -0.15) is 8.42 Å². The normalized spacial score (nSPS) is 11.8. The van der Waals surface area contributed by atoms with Gasteiger partial charge in [0.15, 0.2) is 0 Å². The molecule has 0 aliphatic carbocycles. The number of ether oxygens (including phenoxy) is 1. The number of pyridine rings is 1. The summed E-state index contributed by atoms with van der Waals surface area (Å²) in [5.74, 6) is 0.571. The van der Waals surface area contributed by atoms with Gasteiger partial charge in [-0.1, -0.05) is 6.07 Å². The number of hydrogen-bond acceptors (Lipinski definition) is 6. The highest BCUT2D eigenvalue weighted by atomic mass is 127. The molecular formula is C22H18IN3O6S2. The number of hydrogen-bond donors (Lipinski definition) is 2. The Labute approximate surface area is 209 Å². The van der Waals surface area contributed by atoms with E-state index in [4.69, 9.17) is 4.74 Å². The third-order valence-electron chi connectivity index (χ3n) is 4.87. The summed E-state index contributed by atoms with van der Waals surface area (Å²) in [5, 5.41) is 0.489. The van der Waals surface area contributed by atoms with E-state index in [1.807, 2.05) is 0 Å². The van der Waals surface area contributed by atoms with Crippen LogP contribution in [0.2, 0.25) is 0 Å². The lowest BCUT2D eigenvalue weighted by Crippen LogP contribution is -2.32. The maximum atomic E-state index is 13.0. The number of sulfonamides is 2. The van der Waals surface area contributed by atoms with Crippen LogP contribution in [-0.4, -0.2) is 28.6 Å². The molecule has 0 spiro atoms. The van der Waals surface area contributed by atoms with Crippen molar-refractivity contribution in [1.82, 2.24) is 4.68 Å². The molecule has 2 N–H and O–H groups in total. The van der Waals surface area contributed by atoms with Crippen LogP contribution in [0.5, 0.6) is 5.75 Å². The Bertz CT molecular complexity index is 1630. The van der Waals surface area contributed by atoms with E-state index in [1.165, 1.54) is 49.7 Å². The Hall–Kier alpha value is -3.10. The predicted octanol–water partition coefficient (Wildman–Crippen LogP) is 3.35. The molecule has 4 aromatic rings. The van der Waals surface area contributed by atoms with Crippen molar-refractivity contribution in [2.45, 2.75) is 9.79 Å². The van der Waals surface area contributed by atoms with Gasteiger partial charge in [0.1, 0.15) is 5.75 Å². The second kappa shape index (κ2) is 9.27. The van der Waals surface area contributed by atoms with Crippen LogP contribution in [0.15, 0.2) is 93.6 Å². The molecule has 3 aromatic carbocycles. The molecule has 0 fully saturated rings. The minimum atomic E-state index is -4.04. The Kier molecular flexibility index (Phi) is 6.55. The van der Waals surface area contributed by atoms with E-state index in [0.717, 1.165) is 8.25 Å². The number of benzene rings is 3. The summed E-state index contributed by atoms with van der Waals surface area (Å²) < 4.78 is 60.3. The van der Waals surface area contributed by atoms with E-state index in [-0.39, 0.29) is 15.2 Å². The lowest BCUT2D eigenvalue weighted by atomic mass is 10.2. The van der Waals surface area contributed by atoms with Crippen LogP contribution in [0.25, 0.3) is 10.8 Å². The number of nitrogens with zero attached hydrogens (tertiary/aromatic N) is 1. The van der Waals surface area contributed by atoms with Crippen LogP contribution < -0.4 is 19.8 Å². The average Bonchev–Trinajstić information content (AvgIpc) is 2.81. The smallest absolute Gasteiger partial charge is 0.277 e. The second-order valence-electron chi connectivity index (χ2n) is 7.12.